The average molecular weight is 376 g/mol. The van der Waals surface area contributed by atoms with Crippen LogP contribution in [-0.2, 0) is 52.5 Å². The van der Waals surface area contributed by atoms with Gasteiger partial charge in [-0.2, -0.15) is 0 Å². The van der Waals surface area contributed by atoms with E-state index in [1.807, 2.05) is 0 Å². The first-order valence-electron chi connectivity index (χ1n) is 7.25. The lowest BCUT2D eigenvalue weighted by Gasteiger charge is -2.29. The molecule has 0 amide bonds. The minimum absolute atomic E-state index is 0.798. The van der Waals surface area contributed by atoms with E-state index in [0.717, 1.165) is 34.8 Å². The maximum Gasteiger partial charge on any atom is 0.351 e. The number of ketones is 1. The highest BCUT2D eigenvalue weighted by molar-refractivity contribution is 5.90. The Morgan fingerprint density at radius 3 is 1.54 bits per heavy atom. The van der Waals surface area contributed by atoms with Crippen molar-refractivity contribution < 1.29 is 52.5 Å². The van der Waals surface area contributed by atoms with Gasteiger partial charge in [0.15, 0.2) is 12.7 Å². The van der Waals surface area contributed by atoms with Crippen molar-refractivity contribution in [3.8, 4) is 0 Å². The third kappa shape index (κ3) is 8.22. The van der Waals surface area contributed by atoms with Crippen molar-refractivity contribution >= 4 is 35.6 Å². The van der Waals surface area contributed by atoms with Gasteiger partial charge in [-0.25, -0.2) is 4.79 Å². The molecule has 26 heavy (non-hydrogen) atoms. The molecule has 0 saturated heterocycles. The fourth-order valence-electron chi connectivity index (χ4n) is 1.77. The molecule has 0 aliphatic rings. The van der Waals surface area contributed by atoms with Gasteiger partial charge < -0.3 is 23.7 Å². The number of hydrogen-bond donors (Lipinski definition) is 0. The van der Waals surface area contributed by atoms with Gasteiger partial charge in [-0.3, -0.25) is 24.0 Å². The van der Waals surface area contributed by atoms with Crippen LogP contribution >= 0.6 is 0 Å². The Kier molecular flexibility index (Phi) is 9.56. The van der Waals surface area contributed by atoms with Gasteiger partial charge in [0.25, 0.3) is 0 Å². The number of esters is 5. The summed E-state index contributed by atoms with van der Waals surface area (Å²) in [6.45, 7) is 3.07. The minimum atomic E-state index is -1.90. The molecule has 11 heteroatoms. The smallest absolute Gasteiger partial charge is 0.351 e. The number of Topliss-reactive ketones (excluding diaryl/α,β-unsaturated/α-hetero) is 1. The van der Waals surface area contributed by atoms with Gasteiger partial charge in [0.2, 0.25) is 18.0 Å². The molecule has 0 unspecified atom stereocenters. The Morgan fingerprint density at radius 2 is 1.15 bits per heavy atom. The second-order valence-electron chi connectivity index (χ2n) is 4.90. The summed E-state index contributed by atoms with van der Waals surface area (Å²) in [5.41, 5.74) is 0. The lowest BCUT2D eigenvalue weighted by Crippen LogP contribution is -2.53. The molecule has 0 fully saturated rings. The van der Waals surface area contributed by atoms with Crippen LogP contribution in [-0.4, -0.2) is 67.7 Å². The van der Waals surface area contributed by atoms with E-state index in [9.17, 15) is 28.8 Å². The molecular weight excluding hydrogens is 356 g/mol. The lowest BCUT2D eigenvalue weighted by molar-refractivity contribution is -0.194. The highest BCUT2D eigenvalue weighted by Gasteiger charge is 2.45. The molecule has 0 aromatic rings. The van der Waals surface area contributed by atoms with Crippen molar-refractivity contribution in [2.75, 3.05) is 13.7 Å². The quantitative estimate of drug-likeness (QED) is 0.363. The number of ether oxygens (including phenoxy) is 5. The second-order valence-corrected chi connectivity index (χ2v) is 4.90. The molecule has 0 spiro atoms. The van der Waals surface area contributed by atoms with Crippen molar-refractivity contribution in [2.45, 2.75) is 46.0 Å². The molecule has 0 radical (unpaired) electrons. The van der Waals surface area contributed by atoms with Crippen LogP contribution in [0.1, 0.15) is 27.7 Å². The summed E-state index contributed by atoms with van der Waals surface area (Å²) >= 11 is 0. The third-order valence-corrected chi connectivity index (χ3v) is 2.65. The van der Waals surface area contributed by atoms with Gasteiger partial charge in [-0.1, -0.05) is 0 Å². The number of carbonyl (C=O) groups excluding carboxylic acids is 6. The molecule has 0 rings (SSSR count). The lowest BCUT2D eigenvalue weighted by atomic mass is 10.0. The zero-order valence-corrected chi connectivity index (χ0v) is 14.9. The molecule has 0 aromatic heterocycles. The normalized spacial score (nSPS) is 13.4. The van der Waals surface area contributed by atoms with Gasteiger partial charge in [0.05, 0.1) is 7.11 Å². The summed E-state index contributed by atoms with van der Waals surface area (Å²) in [5.74, 6) is -5.85. The van der Waals surface area contributed by atoms with Crippen molar-refractivity contribution in [2.24, 2.45) is 0 Å². The summed E-state index contributed by atoms with van der Waals surface area (Å²) in [7, 11) is 0.963. The van der Waals surface area contributed by atoms with Gasteiger partial charge in [-0.05, 0) is 0 Å². The van der Waals surface area contributed by atoms with E-state index < -0.39 is 60.5 Å². The predicted octanol–water partition coefficient (Wildman–Crippen LogP) is -0.913. The Hall–Kier alpha value is -2.98. The van der Waals surface area contributed by atoms with E-state index in [1.165, 1.54) is 0 Å². The van der Waals surface area contributed by atoms with E-state index in [-0.39, 0.29) is 0 Å². The van der Waals surface area contributed by atoms with Crippen LogP contribution in [0.2, 0.25) is 0 Å². The summed E-state index contributed by atoms with van der Waals surface area (Å²) in [6, 6.07) is 0. The Labute approximate surface area is 148 Å². The van der Waals surface area contributed by atoms with Crippen molar-refractivity contribution in [3.63, 3.8) is 0 Å². The number of methoxy groups -OCH3 is 1. The number of hydrogen-bond acceptors (Lipinski definition) is 11. The average Bonchev–Trinajstić information content (AvgIpc) is 2.52. The van der Waals surface area contributed by atoms with Gasteiger partial charge >= 0.3 is 29.8 Å². The van der Waals surface area contributed by atoms with Crippen molar-refractivity contribution in [3.05, 3.63) is 0 Å². The fourth-order valence-corrected chi connectivity index (χ4v) is 1.77. The van der Waals surface area contributed by atoms with Gasteiger partial charge in [-0.15, -0.1) is 0 Å². The maximum atomic E-state index is 12.3. The Balaban J connectivity index is 5.90. The van der Waals surface area contributed by atoms with Crippen LogP contribution in [0, 0.1) is 0 Å². The summed E-state index contributed by atoms with van der Waals surface area (Å²) in [6.07, 6.45) is -5.64. The molecule has 0 aliphatic heterocycles. The van der Waals surface area contributed by atoms with E-state index in [0.29, 0.717) is 0 Å². The highest BCUT2D eigenvalue weighted by Crippen LogP contribution is 2.17. The molecule has 0 N–H and O–H groups in total. The van der Waals surface area contributed by atoms with Crippen LogP contribution in [0.25, 0.3) is 0 Å². The van der Waals surface area contributed by atoms with Crippen LogP contribution in [0.3, 0.4) is 0 Å². The first-order valence-corrected chi connectivity index (χ1v) is 7.25. The molecule has 0 aromatic carbocycles. The maximum absolute atomic E-state index is 12.3. The van der Waals surface area contributed by atoms with E-state index in [4.69, 9.17) is 14.2 Å². The van der Waals surface area contributed by atoms with E-state index >= 15 is 0 Å². The van der Waals surface area contributed by atoms with Crippen LogP contribution in [0.5, 0.6) is 0 Å². The van der Waals surface area contributed by atoms with Crippen molar-refractivity contribution in [1.82, 2.24) is 0 Å². The predicted molar refractivity (Wildman–Crippen MR) is 80.3 cm³/mol. The Morgan fingerprint density at radius 1 is 0.692 bits per heavy atom. The van der Waals surface area contributed by atoms with E-state index in [1.54, 1.807) is 0 Å². The van der Waals surface area contributed by atoms with Crippen LogP contribution in [0.4, 0.5) is 0 Å². The third-order valence-electron chi connectivity index (χ3n) is 2.65. The number of carbonyl (C=O) groups is 6. The first-order chi connectivity index (χ1) is 12.0. The molecule has 146 valence electrons. The fraction of sp³-hybridized carbons (Fsp3) is 0.600. The van der Waals surface area contributed by atoms with Crippen LogP contribution in [0.15, 0.2) is 0 Å². The molecular formula is C15H20O11. The first kappa shape index (κ1) is 23.0. The van der Waals surface area contributed by atoms with Gasteiger partial charge in [0.1, 0.15) is 0 Å². The zero-order valence-electron chi connectivity index (χ0n) is 14.9. The zero-order chi connectivity index (χ0) is 20.4. The SMILES string of the molecule is COC(=O)[C@H](OC(C)=O)[C@@H](OC(C)=O)[C@@H](OC(C)=O)C(=O)COC(C)=O. The van der Waals surface area contributed by atoms with E-state index in [2.05, 4.69) is 9.47 Å². The molecule has 3 atom stereocenters. The monoisotopic (exact) mass is 376 g/mol. The highest BCUT2D eigenvalue weighted by atomic mass is 16.6. The molecule has 0 aliphatic carbocycles. The molecule has 0 bridgehead atoms. The van der Waals surface area contributed by atoms with Gasteiger partial charge in [0, 0.05) is 27.7 Å². The largest absolute Gasteiger partial charge is 0.466 e. The molecule has 11 nitrogen and oxygen atoms in total. The minimum Gasteiger partial charge on any atom is -0.466 e. The molecule has 0 heterocycles. The van der Waals surface area contributed by atoms with Crippen molar-refractivity contribution in [1.29, 1.82) is 0 Å². The summed E-state index contributed by atoms with van der Waals surface area (Å²) in [4.78, 5) is 69.0. The molecule has 0 saturated carbocycles. The summed E-state index contributed by atoms with van der Waals surface area (Å²) in [5, 5.41) is 0. The topological polar surface area (TPSA) is 149 Å². The standard InChI is InChI=1S/C15H20O11/c1-7(16)23-6-11(20)12(24-8(2)17)13(25-9(3)18)14(15(21)22-5)26-10(4)19/h12-14H,6H2,1-5H3/t12-,13-,14+/m0/s1. The second kappa shape index (κ2) is 10.8. The summed E-state index contributed by atoms with van der Waals surface area (Å²) < 4.78 is 23.4. The Bertz CT molecular complexity index is 580. The van der Waals surface area contributed by atoms with Crippen LogP contribution < -0.4 is 0 Å². The number of rotatable bonds is 9.